The van der Waals surface area contributed by atoms with E-state index < -0.39 is 13.9 Å². The van der Waals surface area contributed by atoms with Gasteiger partial charge in [-0.3, -0.25) is 0 Å². The SMILES string of the molecule is CCCCN(CCCC)c1ccc(C#Cc2cc(C#CC3=C(C)C4=C(c5ccccc5)c5c(C)cc(C)n5[B-](F)(F)[N+]4=C3C)c(C#Cc3ccc(N(CCCC)CCCC)cc3)cc2C#CC2=C(C)C3=C(c4ccccc4)c4c(C)cc(C)n4[B-](F)(F)[N+]3=C2C)cc1. The number of benzene rings is 5. The molecule has 12 heteroatoms. The van der Waals surface area contributed by atoms with Gasteiger partial charge in [-0.1, -0.05) is 161 Å². The van der Waals surface area contributed by atoms with Crippen LogP contribution in [0, 0.1) is 75.1 Å². The minimum atomic E-state index is -4.34. The molecule has 0 saturated heterocycles. The van der Waals surface area contributed by atoms with E-state index in [0.717, 1.165) is 133 Å². The van der Waals surface area contributed by atoms with Crippen molar-refractivity contribution in [3.05, 3.63) is 246 Å². The fraction of sp³-hybridized carbons (Fsp3) is 0.300. The highest BCUT2D eigenvalue weighted by Crippen LogP contribution is 2.47. The van der Waals surface area contributed by atoms with Crippen LogP contribution in [0.2, 0.25) is 0 Å². The summed E-state index contributed by atoms with van der Waals surface area (Å²) in [5.74, 6) is 27.8. The number of aryl methyl sites for hydroxylation is 4. The summed E-state index contributed by atoms with van der Waals surface area (Å²) in [6.07, 6.45) is 8.79. The van der Waals surface area contributed by atoms with Crippen LogP contribution >= 0.6 is 0 Å². The molecule has 466 valence electrons. The zero-order valence-corrected chi connectivity index (χ0v) is 55.5. The molecule has 92 heavy (non-hydrogen) atoms. The zero-order chi connectivity index (χ0) is 65.2. The number of hydrogen-bond acceptors (Lipinski definition) is 2. The molecule has 0 atom stereocenters. The fourth-order valence-electron chi connectivity index (χ4n) is 14.0. The van der Waals surface area contributed by atoms with E-state index in [4.69, 9.17) is 0 Å². The Morgan fingerprint density at radius 2 is 0.707 bits per heavy atom. The van der Waals surface area contributed by atoms with Crippen LogP contribution in [-0.4, -0.2) is 69.5 Å². The van der Waals surface area contributed by atoms with Crippen LogP contribution in [0.25, 0.3) is 11.1 Å². The number of anilines is 2. The monoisotopic (exact) mass is 1220 g/mol. The van der Waals surface area contributed by atoms with Gasteiger partial charge in [-0.15, -0.1) is 0 Å². The maximum Gasteiger partial charge on any atom is 0.737 e. The molecule has 0 spiro atoms. The van der Waals surface area contributed by atoms with Crippen molar-refractivity contribution in [3.8, 4) is 47.4 Å². The smallest absolute Gasteiger partial charge is 0.393 e. The van der Waals surface area contributed by atoms with Crippen molar-refractivity contribution in [2.45, 2.75) is 134 Å². The predicted molar refractivity (Wildman–Crippen MR) is 376 cm³/mol. The molecule has 4 aliphatic rings. The summed E-state index contributed by atoms with van der Waals surface area (Å²) in [7, 11) is 0. The van der Waals surface area contributed by atoms with Gasteiger partial charge in [-0.05, 0) is 174 Å². The van der Waals surface area contributed by atoms with Gasteiger partial charge >= 0.3 is 13.9 Å². The average Bonchev–Trinajstić information content (AvgIpc) is 1.53. The molecule has 0 fully saturated rings. The van der Waals surface area contributed by atoms with E-state index in [-0.39, 0.29) is 0 Å². The van der Waals surface area contributed by atoms with E-state index in [1.165, 1.54) is 17.9 Å². The van der Waals surface area contributed by atoms with Gasteiger partial charge in [-0.2, -0.15) is 0 Å². The van der Waals surface area contributed by atoms with Gasteiger partial charge < -0.3 is 45.0 Å². The number of aromatic nitrogens is 2. The lowest BCUT2D eigenvalue weighted by Crippen LogP contribution is -2.51. The minimum Gasteiger partial charge on any atom is -0.393 e. The average molecular weight is 1230 g/mol. The Morgan fingerprint density at radius 3 is 1.02 bits per heavy atom. The summed E-state index contributed by atoms with van der Waals surface area (Å²) in [5.41, 5.74) is 16.5. The largest absolute Gasteiger partial charge is 0.737 e. The van der Waals surface area contributed by atoms with Crippen LogP contribution in [0.5, 0.6) is 0 Å². The molecule has 0 bridgehead atoms. The number of hydrogen-bond donors (Lipinski definition) is 0. The topological polar surface area (TPSA) is 22.4 Å². The molecule has 11 rings (SSSR count). The number of rotatable bonds is 16. The molecule has 0 saturated carbocycles. The first-order valence-electron chi connectivity index (χ1n) is 33.0. The second kappa shape index (κ2) is 26.8. The van der Waals surface area contributed by atoms with Gasteiger partial charge in [0.15, 0.2) is 11.4 Å². The molecular weight excluding hydrogens is 1140 g/mol. The summed E-state index contributed by atoms with van der Waals surface area (Å²) in [6.45, 7) is 18.6. The Labute approximate surface area is 543 Å². The summed E-state index contributed by atoms with van der Waals surface area (Å²) < 4.78 is 74.9. The van der Waals surface area contributed by atoms with Crippen molar-refractivity contribution < 1.29 is 26.2 Å². The quantitative estimate of drug-likeness (QED) is 0.0547. The van der Waals surface area contributed by atoms with Crippen LogP contribution in [0.1, 0.15) is 185 Å². The van der Waals surface area contributed by atoms with E-state index in [1.807, 2.05) is 113 Å². The summed E-state index contributed by atoms with van der Waals surface area (Å²) in [4.78, 5) is 4.89. The molecule has 4 aliphatic heterocycles. The first-order chi connectivity index (χ1) is 44.3. The highest BCUT2D eigenvalue weighted by atomic mass is 19.3. The van der Waals surface area contributed by atoms with E-state index in [2.05, 4.69) is 133 Å². The highest BCUT2D eigenvalue weighted by Gasteiger charge is 2.58. The molecule has 0 radical (unpaired) electrons. The summed E-state index contributed by atoms with van der Waals surface area (Å²) in [5, 5.41) is 0. The van der Waals surface area contributed by atoms with Crippen LogP contribution in [0.15, 0.2) is 167 Å². The summed E-state index contributed by atoms with van der Waals surface area (Å²) >= 11 is 0. The fourth-order valence-corrected chi connectivity index (χ4v) is 14.0. The van der Waals surface area contributed by atoms with E-state index in [9.17, 15) is 0 Å². The lowest BCUT2D eigenvalue weighted by molar-refractivity contribution is -0.364. The molecule has 0 N–H and O–H groups in total. The van der Waals surface area contributed by atoms with Gasteiger partial charge in [0.05, 0.1) is 22.3 Å². The van der Waals surface area contributed by atoms with Crippen molar-refractivity contribution >= 4 is 47.9 Å². The van der Waals surface area contributed by atoms with Crippen molar-refractivity contribution in [2.24, 2.45) is 0 Å². The first kappa shape index (κ1) is 64.2. The van der Waals surface area contributed by atoms with E-state index in [1.54, 1.807) is 27.7 Å². The third-order valence-electron chi connectivity index (χ3n) is 18.6. The zero-order valence-electron chi connectivity index (χ0n) is 55.5. The van der Waals surface area contributed by atoms with Crippen LogP contribution in [0.4, 0.5) is 28.6 Å². The van der Waals surface area contributed by atoms with Gasteiger partial charge in [0.1, 0.15) is 11.4 Å². The van der Waals surface area contributed by atoms with Crippen LogP contribution < -0.4 is 9.80 Å². The molecule has 7 aromatic rings. The van der Waals surface area contributed by atoms with E-state index >= 15 is 17.3 Å². The van der Waals surface area contributed by atoms with Crippen molar-refractivity contribution in [2.75, 3.05) is 36.0 Å². The molecule has 6 nitrogen and oxygen atoms in total. The van der Waals surface area contributed by atoms with E-state index in [0.29, 0.717) is 90.1 Å². The minimum absolute atomic E-state index is 0.354. The van der Waals surface area contributed by atoms with Gasteiger partial charge in [0, 0.05) is 107 Å². The van der Waals surface area contributed by atoms with Gasteiger partial charge in [-0.25, -0.2) is 0 Å². The molecule has 5 aromatic carbocycles. The van der Waals surface area contributed by atoms with Crippen molar-refractivity contribution in [3.63, 3.8) is 0 Å². The van der Waals surface area contributed by atoms with Crippen molar-refractivity contribution in [1.29, 1.82) is 0 Å². The highest BCUT2D eigenvalue weighted by molar-refractivity contribution is 6.59. The molecule has 6 heterocycles. The molecular formula is C80H82B2F4N6. The number of fused-ring (bicyclic) bond motifs is 4. The third kappa shape index (κ3) is 12.0. The van der Waals surface area contributed by atoms with Crippen molar-refractivity contribution in [1.82, 2.24) is 8.96 Å². The molecule has 0 amide bonds. The lowest BCUT2D eigenvalue weighted by Gasteiger charge is -2.34. The van der Waals surface area contributed by atoms with Gasteiger partial charge in [0.2, 0.25) is 0 Å². The second-order valence-electron chi connectivity index (χ2n) is 25.1. The Morgan fingerprint density at radius 1 is 0.391 bits per heavy atom. The Bertz CT molecular complexity index is 4230. The number of halogens is 4. The lowest BCUT2D eigenvalue weighted by atomic mass is 9.84. The molecule has 0 unspecified atom stereocenters. The Kier molecular flexibility index (Phi) is 18.7. The molecule has 2 aromatic heterocycles. The Hall–Kier alpha value is -9.35. The second-order valence-corrected chi connectivity index (χ2v) is 25.1. The first-order valence-corrected chi connectivity index (χ1v) is 33.0. The number of nitrogens with zero attached hydrogens (tertiary/aromatic N) is 6. The molecule has 0 aliphatic carbocycles. The standard InChI is InChI=1S/C80H82B2F4N6/c1-13-17-47-87(48-18-14-2)71-41-33-63(34-42-71)31-37-67-53-70(40-46-74-60(10)80-76(66-29-25-22-26-30-66)78-56(6)52-58(8)90(78)82(85,86)92(80)62(74)12)68(38-32-64-35-43-72(44-36-64)88(49-19-15-3)50-20-16-4)54-69(67)39-45-73-59(9)79-75(65-27-23-21-24-28-65)77-55(5)51-57(7)89(77)81(83,84)91(79)61(73)11/h21-30,33-36,41-44,51-54H,13-20,47-50H2,1-12H3. The van der Waals surface area contributed by atoms with Crippen LogP contribution in [-0.2, 0) is 0 Å². The van der Waals surface area contributed by atoms with Gasteiger partial charge in [0.25, 0.3) is 0 Å². The summed E-state index contributed by atoms with van der Waals surface area (Å²) in [6, 6.07) is 43.8. The maximum absolute atomic E-state index is 17.5. The maximum atomic E-state index is 17.5. The number of allylic oxidation sites excluding steroid dienone is 4. The normalized spacial score (nSPS) is 15.0. The van der Waals surface area contributed by atoms with Crippen LogP contribution in [0.3, 0.4) is 0 Å². The Balaban J connectivity index is 1.13. The third-order valence-corrected chi connectivity index (χ3v) is 18.6. The predicted octanol–water partition coefficient (Wildman–Crippen LogP) is 17.8. The number of unbranched alkanes of at least 4 members (excludes halogenated alkanes) is 4.